The Bertz CT molecular complexity index is 1860. The highest BCUT2D eigenvalue weighted by Crippen LogP contribution is 2.46. The summed E-state index contributed by atoms with van der Waals surface area (Å²) in [5.74, 6) is -0.205. The van der Waals surface area contributed by atoms with E-state index in [1.807, 2.05) is 6.07 Å². The molecule has 1 atom stereocenters. The number of carboxylic acids is 1. The number of ether oxygens (including phenoxy) is 5. The van der Waals surface area contributed by atoms with Gasteiger partial charge in [-0.2, -0.15) is 0 Å². The molecule has 6 rings (SSSR count). The van der Waals surface area contributed by atoms with Gasteiger partial charge in [-0.1, -0.05) is 37.2 Å². The molecule has 0 bridgehead atoms. The van der Waals surface area contributed by atoms with Crippen molar-refractivity contribution in [1.29, 1.82) is 0 Å². The number of carboxylic acid groups (broad SMARTS) is 1. The number of aliphatic carboxylic acids is 1. The summed E-state index contributed by atoms with van der Waals surface area (Å²) in [6, 6.07) is 14.6. The van der Waals surface area contributed by atoms with E-state index in [-0.39, 0.29) is 11.3 Å². The van der Waals surface area contributed by atoms with Crippen LogP contribution in [0.15, 0.2) is 60.2 Å². The van der Waals surface area contributed by atoms with Gasteiger partial charge < -0.3 is 33.9 Å². The summed E-state index contributed by atoms with van der Waals surface area (Å²) in [4.78, 5) is 42.5. The Hall–Kier alpha value is -5.30. The van der Waals surface area contributed by atoms with Crippen molar-refractivity contribution in [2.75, 3.05) is 38.9 Å². The Morgan fingerprint density at radius 1 is 0.958 bits per heavy atom. The van der Waals surface area contributed by atoms with Gasteiger partial charge in [-0.15, -0.1) is 0 Å². The molecule has 3 heterocycles. The van der Waals surface area contributed by atoms with Crippen molar-refractivity contribution in [2.45, 2.75) is 39.2 Å². The predicted molar refractivity (Wildman–Crippen MR) is 180 cm³/mol. The maximum atomic E-state index is 13.8. The monoisotopic (exact) mass is 676 g/mol. The number of hydrogen-bond donors (Lipinski definition) is 2. The zero-order chi connectivity index (χ0) is 34.4. The quantitative estimate of drug-likeness (QED) is 0.0833. The molecule has 12 nitrogen and oxygen atoms in total. The highest BCUT2D eigenvalue weighted by Gasteiger charge is 2.48. The number of aromatic nitrogens is 1. The Balaban J connectivity index is 0.00000107. The molecule has 0 spiro atoms. The lowest BCUT2D eigenvalue weighted by Crippen LogP contribution is -2.29. The molecule has 3 aromatic carbocycles. The van der Waals surface area contributed by atoms with Crippen LogP contribution < -0.4 is 28.6 Å². The third kappa shape index (κ3) is 7.15. The van der Waals surface area contributed by atoms with Crippen molar-refractivity contribution < 1.29 is 48.3 Å². The molecule has 1 amide bonds. The maximum Gasteiger partial charge on any atom is 0.301 e. The van der Waals surface area contributed by atoms with Crippen LogP contribution in [0.1, 0.15) is 50.3 Å². The van der Waals surface area contributed by atoms with Gasteiger partial charge in [0.2, 0.25) is 0 Å². The average Bonchev–Trinajstić information content (AvgIpc) is 3.62. The molecule has 4 aromatic rings. The maximum absolute atomic E-state index is 13.8. The zero-order valence-corrected chi connectivity index (χ0v) is 27.8. The van der Waals surface area contributed by atoms with E-state index in [9.17, 15) is 14.7 Å². The first-order valence-corrected chi connectivity index (χ1v) is 16.1. The third-order valence-electron chi connectivity index (χ3n) is 7.56. The number of aliphatic hydroxyl groups is 1. The molecule has 1 unspecified atom stereocenters. The second-order valence-corrected chi connectivity index (χ2v) is 11.9. The number of benzene rings is 3. The third-order valence-corrected chi connectivity index (χ3v) is 8.58. The minimum Gasteiger partial charge on any atom is -0.507 e. The van der Waals surface area contributed by atoms with E-state index in [0.29, 0.717) is 70.3 Å². The van der Waals surface area contributed by atoms with Gasteiger partial charge in [0, 0.05) is 12.5 Å². The summed E-state index contributed by atoms with van der Waals surface area (Å²) in [7, 11) is 3.11. The standard InChI is InChI=1S/C33H32N2O8S.C2H4O2/c1-4-5-6-13-41-23-11-7-19(16-25(23)40-3)29-28(30(36)20-8-12-24-26(17-20)43-15-14-42-24)31(37)32(38)35(29)33-34-22-10-9-21(39-2)18-27(22)44-33;1-2(3)4/h7-12,16-18,29,36H,4-6,13-15H2,1-3H3;1H3,(H,3,4). The van der Waals surface area contributed by atoms with E-state index in [0.717, 1.165) is 30.9 Å². The number of rotatable bonds is 10. The van der Waals surface area contributed by atoms with Gasteiger partial charge in [0.25, 0.3) is 11.8 Å². The highest BCUT2D eigenvalue weighted by molar-refractivity contribution is 7.22. The number of methoxy groups -OCH3 is 2. The van der Waals surface area contributed by atoms with Crippen LogP contribution in [0.2, 0.25) is 0 Å². The topological polar surface area (TPSA) is 154 Å². The number of fused-ring (bicyclic) bond motifs is 2. The van der Waals surface area contributed by atoms with Gasteiger partial charge in [0.05, 0.1) is 42.7 Å². The van der Waals surface area contributed by atoms with Gasteiger partial charge >= 0.3 is 5.91 Å². The van der Waals surface area contributed by atoms with Crippen LogP contribution in [-0.4, -0.2) is 66.9 Å². The zero-order valence-electron chi connectivity index (χ0n) is 27.0. The van der Waals surface area contributed by atoms with Gasteiger partial charge in [-0.05, 0) is 60.5 Å². The smallest absolute Gasteiger partial charge is 0.301 e. The fourth-order valence-electron chi connectivity index (χ4n) is 5.32. The number of hydrogen-bond acceptors (Lipinski definition) is 11. The predicted octanol–water partition coefficient (Wildman–Crippen LogP) is 6.37. The summed E-state index contributed by atoms with van der Waals surface area (Å²) >= 11 is 1.25. The van der Waals surface area contributed by atoms with E-state index >= 15 is 0 Å². The summed E-state index contributed by atoms with van der Waals surface area (Å²) in [5.41, 5.74) is 1.42. The number of unbranched alkanes of at least 4 members (excludes halogenated alkanes) is 2. The fourth-order valence-corrected chi connectivity index (χ4v) is 6.34. The van der Waals surface area contributed by atoms with Gasteiger partial charge in [-0.3, -0.25) is 19.3 Å². The van der Waals surface area contributed by atoms with E-state index < -0.39 is 23.7 Å². The number of anilines is 1. The van der Waals surface area contributed by atoms with Crippen molar-refractivity contribution in [3.05, 3.63) is 71.3 Å². The van der Waals surface area contributed by atoms with Crippen LogP contribution in [0.3, 0.4) is 0 Å². The molecule has 2 aliphatic rings. The van der Waals surface area contributed by atoms with E-state index in [1.165, 1.54) is 23.3 Å². The number of ketones is 1. The number of carbonyl (C=O) groups excluding carboxylic acids is 2. The molecule has 2 aliphatic heterocycles. The van der Waals surface area contributed by atoms with E-state index in [1.54, 1.807) is 55.6 Å². The molecule has 1 fully saturated rings. The molecule has 1 aromatic heterocycles. The first-order valence-electron chi connectivity index (χ1n) is 15.3. The van der Waals surface area contributed by atoms with Gasteiger partial charge in [-0.25, -0.2) is 4.98 Å². The SMILES string of the molecule is CC(=O)O.CCCCCOc1ccc(C2C(=C(O)c3ccc4c(c3)OCCO4)C(=O)C(=O)N2c2nc3ccc(OC)cc3s2)cc1OC. The summed E-state index contributed by atoms with van der Waals surface area (Å²) in [5, 5.41) is 19.4. The molecular weight excluding hydrogens is 640 g/mol. The number of aliphatic hydroxyl groups excluding tert-OH is 1. The van der Waals surface area contributed by atoms with E-state index in [4.69, 9.17) is 38.6 Å². The molecule has 0 saturated carbocycles. The highest BCUT2D eigenvalue weighted by atomic mass is 32.1. The van der Waals surface area contributed by atoms with Crippen LogP contribution in [0.5, 0.6) is 28.7 Å². The average molecular weight is 677 g/mol. The minimum absolute atomic E-state index is 0.0813. The lowest BCUT2D eigenvalue weighted by atomic mass is 9.95. The van der Waals surface area contributed by atoms with Crippen molar-refractivity contribution in [2.24, 2.45) is 0 Å². The Labute approximate surface area is 281 Å². The second kappa shape index (κ2) is 15.1. The molecule has 0 radical (unpaired) electrons. The number of amides is 1. The summed E-state index contributed by atoms with van der Waals surface area (Å²) in [6.45, 7) is 4.51. The normalized spacial score (nSPS) is 16.3. The second-order valence-electron chi connectivity index (χ2n) is 10.8. The van der Waals surface area contributed by atoms with Crippen molar-refractivity contribution in [1.82, 2.24) is 4.98 Å². The lowest BCUT2D eigenvalue weighted by molar-refractivity contribution is -0.134. The molecular formula is C35H36N2O10S. The van der Waals surface area contributed by atoms with Crippen molar-refractivity contribution >= 4 is 50.1 Å². The van der Waals surface area contributed by atoms with Gasteiger partial charge in [0.15, 0.2) is 28.1 Å². The van der Waals surface area contributed by atoms with Crippen molar-refractivity contribution in [3.63, 3.8) is 0 Å². The largest absolute Gasteiger partial charge is 0.507 e. The van der Waals surface area contributed by atoms with Crippen LogP contribution in [0.25, 0.3) is 16.0 Å². The summed E-state index contributed by atoms with van der Waals surface area (Å²) < 4.78 is 29.1. The number of nitrogens with zero attached hydrogens (tertiary/aromatic N) is 2. The molecule has 0 aliphatic carbocycles. The Kier molecular flexibility index (Phi) is 10.7. The molecule has 2 N–H and O–H groups in total. The first kappa shape index (κ1) is 34.0. The van der Waals surface area contributed by atoms with Crippen LogP contribution in [0.4, 0.5) is 5.13 Å². The number of carbonyl (C=O) groups is 3. The molecule has 252 valence electrons. The number of Topliss-reactive ketones (excluding diaryl/α,β-unsaturated/α-hetero) is 1. The van der Waals surface area contributed by atoms with Crippen LogP contribution >= 0.6 is 11.3 Å². The van der Waals surface area contributed by atoms with Crippen LogP contribution in [0, 0.1) is 0 Å². The minimum atomic E-state index is -1.01. The fraction of sp³-hybridized carbons (Fsp3) is 0.314. The van der Waals surface area contributed by atoms with Crippen molar-refractivity contribution in [3.8, 4) is 28.7 Å². The Morgan fingerprint density at radius 3 is 2.42 bits per heavy atom. The number of thiazole rings is 1. The van der Waals surface area contributed by atoms with Gasteiger partial charge in [0.1, 0.15) is 24.7 Å². The molecule has 13 heteroatoms. The van der Waals surface area contributed by atoms with Crippen LogP contribution in [-0.2, 0) is 14.4 Å². The molecule has 48 heavy (non-hydrogen) atoms. The summed E-state index contributed by atoms with van der Waals surface area (Å²) in [6.07, 6.45) is 3.02. The Morgan fingerprint density at radius 2 is 1.71 bits per heavy atom. The molecule has 1 saturated heterocycles. The lowest BCUT2D eigenvalue weighted by Gasteiger charge is -2.24. The first-order chi connectivity index (χ1) is 23.2. The van der Waals surface area contributed by atoms with E-state index in [2.05, 4.69) is 6.92 Å².